The van der Waals surface area contributed by atoms with Crippen LogP contribution < -0.4 is 0 Å². The number of Topliss-reactive ketones (excluding diaryl/α,β-unsaturated/α-hetero) is 1. The molecule has 0 aromatic rings. The van der Waals surface area contributed by atoms with Gasteiger partial charge in [0.25, 0.3) is 0 Å². The van der Waals surface area contributed by atoms with Crippen molar-refractivity contribution in [3.63, 3.8) is 0 Å². The first kappa shape index (κ1) is 25.0. The van der Waals surface area contributed by atoms with Gasteiger partial charge in [-0.2, -0.15) is 0 Å². The lowest BCUT2D eigenvalue weighted by atomic mass is 9.41. The Morgan fingerprint density at radius 3 is 2.38 bits per heavy atom. The lowest BCUT2D eigenvalue weighted by Gasteiger charge is -2.63. The Bertz CT molecular complexity index is 888. The van der Waals surface area contributed by atoms with Gasteiger partial charge in [0.15, 0.2) is 0 Å². The summed E-state index contributed by atoms with van der Waals surface area (Å²) >= 11 is 0. The second kappa shape index (κ2) is 7.65. The molecule has 3 saturated carbocycles. The topological polar surface area (TPSA) is 66.8 Å². The highest BCUT2D eigenvalue weighted by atomic mass is 16.5. The average Bonchev–Trinajstić information content (AvgIpc) is 2.99. The fraction of sp³-hybridized carbons (Fsp3) is 0.900. The van der Waals surface area contributed by atoms with Crippen molar-refractivity contribution in [2.24, 2.45) is 45.3 Å². The molecule has 34 heavy (non-hydrogen) atoms. The maximum atomic E-state index is 12.8. The first-order valence-electron chi connectivity index (χ1n) is 13.9. The molecule has 1 unspecified atom stereocenters. The summed E-state index contributed by atoms with van der Waals surface area (Å²) in [4.78, 5) is 12.8. The first-order valence-corrected chi connectivity index (χ1v) is 13.9. The van der Waals surface area contributed by atoms with E-state index >= 15 is 0 Å². The number of ketones is 1. The number of carbonyl (C=O) groups is 1. The van der Waals surface area contributed by atoms with E-state index in [1.165, 1.54) is 25.7 Å². The minimum absolute atomic E-state index is 0.158. The third kappa shape index (κ3) is 3.16. The quantitative estimate of drug-likeness (QED) is 0.481. The fourth-order valence-corrected chi connectivity index (χ4v) is 9.97. The number of carbonyl (C=O) groups excluding carboxylic acids is 1. The molecule has 0 radical (unpaired) electrons. The lowest BCUT2D eigenvalue weighted by molar-refractivity contribution is -0.146. The van der Waals surface area contributed by atoms with Crippen LogP contribution in [0.5, 0.6) is 0 Å². The summed E-state index contributed by atoms with van der Waals surface area (Å²) in [5.41, 5.74) is 1.28. The van der Waals surface area contributed by atoms with Crippen molar-refractivity contribution in [1.82, 2.24) is 0 Å². The molecular formula is C30H48O4. The van der Waals surface area contributed by atoms with E-state index < -0.39 is 17.8 Å². The monoisotopic (exact) mass is 472 g/mol. The largest absolute Gasteiger partial charge is 0.390 e. The van der Waals surface area contributed by atoms with E-state index in [1.807, 2.05) is 13.8 Å². The Kier molecular flexibility index (Phi) is 5.62. The fourth-order valence-electron chi connectivity index (χ4n) is 9.97. The molecule has 4 nitrogen and oxygen atoms in total. The van der Waals surface area contributed by atoms with Gasteiger partial charge in [-0.1, -0.05) is 46.3 Å². The van der Waals surface area contributed by atoms with E-state index in [-0.39, 0.29) is 27.6 Å². The number of hydrogen-bond acceptors (Lipinski definition) is 4. The predicted octanol–water partition coefficient (Wildman–Crippen LogP) is 5.70. The number of aliphatic hydroxyl groups excluding tert-OH is 2. The Labute approximate surface area is 206 Å². The second-order valence-corrected chi connectivity index (χ2v) is 14.5. The van der Waals surface area contributed by atoms with Gasteiger partial charge in [0, 0.05) is 11.8 Å². The van der Waals surface area contributed by atoms with E-state index in [2.05, 4.69) is 40.7 Å². The summed E-state index contributed by atoms with van der Waals surface area (Å²) < 4.78 is 6.23. The minimum Gasteiger partial charge on any atom is -0.390 e. The number of allylic oxidation sites excluding steroid dienone is 2. The van der Waals surface area contributed by atoms with Crippen LogP contribution in [0.3, 0.4) is 0 Å². The molecule has 5 aliphatic rings. The SMILES string of the molecule is CC1(C)OCC([C@@H]2CC[C@]3(C)C4=CC[C@H]5C(C)(C)C(=O)CC[C@]5(C)[C@H]4CC[C@@]23C)C[C@@H](O)[C@@H]1O. The molecule has 1 heterocycles. The lowest BCUT2D eigenvalue weighted by Crippen LogP contribution is -2.57. The van der Waals surface area contributed by atoms with Crippen LogP contribution >= 0.6 is 0 Å². The third-order valence-corrected chi connectivity index (χ3v) is 12.5. The molecule has 0 bridgehead atoms. The van der Waals surface area contributed by atoms with Crippen molar-refractivity contribution >= 4 is 5.78 Å². The highest BCUT2D eigenvalue weighted by Crippen LogP contribution is 2.73. The van der Waals surface area contributed by atoms with Gasteiger partial charge in [-0.3, -0.25) is 4.79 Å². The molecule has 1 saturated heterocycles. The zero-order valence-electron chi connectivity index (χ0n) is 22.6. The molecule has 2 N–H and O–H groups in total. The Morgan fingerprint density at radius 2 is 1.68 bits per heavy atom. The Morgan fingerprint density at radius 1 is 0.971 bits per heavy atom. The second-order valence-electron chi connectivity index (χ2n) is 14.5. The van der Waals surface area contributed by atoms with Crippen LogP contribution in [0.2, 0.25) is 0 Å². The number of fused-ring (bicyclic) bond motifs is 5. The van der Waals surface area contributed by atoms with Gasteiger partial charge in [0.05, 0.1) is 18.3 Å². The Hall–Kier alpha value is -0.710. The van der Waals surface area contributed by atoms with Crippen LogP contribution in [-0.2, 0) is 9.53 Å². The predicted molar refractivity (Wildman–Crippen MR) is 134 cm³/mol. The molecule has 4 fully saturated rings. The van der Waals surface area contributed by atoms with Gasteiger partial charge >= 0.3 is 0 Å². The van der Waals surface area contributed by atoms with Crippen molar-refractivity contribution in [3.05, 3.63) is 11.6 Å². The average molecular weight is 473 g/mol. The molecule has 0 amide bonds. The van der Waals surface area contributed by atoms with Crippen molar-refractivity contribution in [3.8, 4) is 0 Å². The molecular weight excluding hydrogens is 424 g/mol. The van der Waals surface area contributed by atoms with Gasteiger partial charge in [0.1, 0.15) is 11.9 Å². The van der Waals surface area contributed by atoms with Gasteiger partial charge < -0.3 is 14.9 Å². The zero-order valence-corrected chi connectivity index (χ0v) is 22.6. The minimum atomic E-state index is -0.843. The molecule has 9 atom stereocenters. The molecule has 0 aromatic heterocycles. The molecule has 0 spiro atoms. The molecule has 1 aliphatic heterocycles. The zero-order chi connectivity index (χ0) is 24.9. The summed E-state index contributed by atoms with van der Waals surface area (Å²) in [5, 5.41) is 21.5. The summed E-state index contributed by atoms with van der Waals surface area (Å²) in [6.07, 6.45) is 9.18. The maximum absolute atomic E-state index is 12.8. The van der Waals surface area contributed by atoms with Crippen molar-refractivity contribution < 1.29 is 19.7 Å². The van der Waals surface area contributed by atoms with Crippen molar-refractivity contribution in [2.75, 3.05) is 6.61 Å². The van der Waals surface area contributed by atoms with Crippen molar-refractivity contribution in [2.45, 2.75) is 118 Å². The van der Waals surface area contributed by atoms with Crippen LogP contribution in [0, 0.1) is 45.3 Å². The van der Waals surface area contributed by atoms with Crippen LogP contribution in [0.25, 0.3) is 0 Å². The molecule has 4 heteroatoms. The highest BCUT2D eigenvalue weighted by Gasteiger charge is 2.65. The highest BCUT2D eigenvalue weighted by molar-refractivity contribution is 5.85. The molecule has 4 aliphatic carbocycles. The van der Waals surface area contributed by atoms with Crippen LogP contribution in [0.15, 0.2) is 11.6 Å². The summed E-state index contributed by atoms with van der Waals surface area (Å²) in [6, 6.07) is 0. The van der Waals surface area contributed by atoms with E-state index in [0.717, 1.165) is 19.3 Å². The van der Waals surface area contributed by atoms with Gasteiger partial charge in [-0.15, -0.1) is 0 Å². The van der Waals surface area contributed by atoms with Crippen LogP contribution in [0.1, 0.15) is 99.8 Å². The summed E-state index contributed by atoms with van der Waals surface area (Å²) in [5.74, 6) is 2.23. The van der Waals surface area contributed by atoms with E-state index in [9.17, 15) is 15.0 Å². The van der Waals surface area contributed by atoms with Gasteiger partial charge in [-0.25, -0.2) is 0 Å². The summed E-state index contributed by atoms with van der Waals surface area (Å²) in [6.45, 7) is 16.4. The molecule has 192 valence electrons. The summed E-state index contributed by atoms with van der Waals surface area (Å²) in [7, 11) is 0. The molecule has 5 rings (SSSR count). The van der Waals surface area contributed by atoms with Crippen LogP contribution in [0.4, 0.5) is 0 Å². The normalized spacial score (nSPS) is 52.1. The molecule has 0 aromatic carbocycles. The first-order chi connectivity index (χ1) is 15.7. The van der Waals surface area contributed by atoms with Crippen LogP contribution in [-0.4, -0.2) is 40.4 Å². The van der Waals surface area contributed by atoms with Gasteiger partial charge in [0.2, 0.25) is 0 Å². The number of hydrogen-bond donors (Lipinski definition) is 2. The maximum Gasteiger partial charge on any atom is 0.138 e. The third-order valence-electron chi connectivity index (χ3n) is 12.5. The van der Waals surface area contributed by atoms with Gasteiger partial charge in [-0.05, 0) is 98.7 Å². The number of aliphatic hydroxyl groups is 2. The number of rotatable bonds is 1. The number of ether oxygens (including phenoxy) is 1. The van der Waals surface area contributed by atoms with Crippen molar-refractivity contribution in [1.29, 1.82) is 0 Å². The standard InChI is InChI=1S/C30H48O4/c1-26(2)23-9-8-21-20(28(23,5)13-12-24(26)32)11-15-29(6)19(10-14-30(21,29)7)18-16-22(31)25(33)27(3,4)34-17-18/h8,18-20,22-23,25,31,33H,9-17H2,1-7H3/t18?,19-,20-,22+,23-,25-,28+,29-,30+/m0/s1. The van der Waals surface area contributed by atoms with E-state index in [1.54, 1.807) is 5.57 Å². The Balaban J connectivity index is 1.47. The van der Waals surface area contributed by atoms with E-state index in [0.29, 0.717) is 36.6 Å². The smallest absolute Gasteiger partial charge is 0.138 e. The van der Waals surface area contributed by atoms with E-state index in [4.69, 9.17) is 4.74 Å².